The van der Waals surface area contributed by atoms with Crippen molar-refractivity contribution < 1.29 is 9.53 Å². The number of aromatic nitrogens is 3. The van der Waals surface area contributed by atoms with Gasteiger partial charge in [0.05, 0.1) is 17.6 Å². The van der Waals surface area contributed by atoms with Gasteiger partial charge < -0.3 is 4.74 Å². The van der Waals surface area contributed by atoms with Crippen LogP contribution in [0.5, 0.6) is 5.75 Å². The average Bonchev–Trinajstić information content (AvgIpc) is 2.88. The van der Waals surface area contributed by atoms with Gasteiger partial charge in [-0.3, -0.25) is 9.48 Å². The van der Waals surface area contributed by atoms with E-state index in [2.05, 4.69) is 30.0 Å². The number of carbonyl (C=O) groups excluding carboxylic acids is 1. The summed E-state index contributed by atoms with van der Waals surface area (Å²) < 4.78 is 7.59. The van der Waals surface area contributed by atoms with Gasteiger partial charge in [-0.05, 0) is 31.5 Å². The fourth-order valence-electron chi connectivity index (χ4n) is 1.78. The van der Waals surface area contributed by atoms with E-state index in [0.717, 1.165) is 24.4 Å². The lowest BCUT2D eigenvalue weighted by Gasteiger charge is -2.07. The Hall–Kier alpha value is -2.17. The third-order valence-corrected chi connectivity index (χ3v) is 2.84. The maximum atomic E-state index is 10.5. The highest BCUT2D eigenvalue weighted by Crippen LogP contribution is 2.13. The molecule has 0 fully saturated rings. The highest BCUT2D eigenvalue weighted by Gasteiger charge is 2.06. The normalized spacial score (nSPS) is 10.4. The molecule has 0 bridgehead atoms. The standard InChI is InChI=1S/C14H17N3O2/c1-3-11-7-13(17(4-2)16-11)10-19-14-6-5-12(9-18)15-8-14/h5-9H,3-4,10H2,1-2H3. The molecule has 19 heavy (non-hydrogen) atoms. The lowest BCUT2D eigenvalue weighted by Crippen LogP contribution is -2.06. The first-order valence-corrected chi connectivity index (χ1v) is 6.36. The van der Waals surface area contributed by atoms with E-state index in [4.69, 9.17) is 4.74 Å². The summed E-state index contributed by atoms with van der Waals surface area (Å²) in [5, 5.41) is 4.46. The van der Waals surface area contributed by atoms with Gasteiger partial charge in [-0.2, -0.15) is 5.10 Å². The van der Waals surface area contributed by atoms with Crippen LogP contribution in [-0.4, -0.2) is 21.1 Å². The molecule has 0 unspecified atom stereocenters. The van der Waals surface area contributed by atoms with Crippen LogP contribution in [0, 0.1) is 0 Å². The monoisotopic (exact) mass is 259 g/mol. The number of rotatable bonds is 6. The molecule has 5 heteroatoms. The smallest absolute Gasteiger partial charge is 0.168 e. The molecule has 0 aliphatic heterocycles. The Balaban J connectivity index is 2.04. The second-order valence-corrected chi connectivity index (χ2v) is 4.12. The molecule has 0 aromatic carbocycles. The molecular formula is C14H17N3O2. The fraction of sp³-hybridized carbons (Fsp3) is 0.357. The van der Waals surface area contributed by atoms with Crippen LogP contribution in [-0.2, 0) is 19.6 Å². The zero-order valence-electron chi connectivity index (χ0n) is 11.2. The summed E-state index contributed by atoms with van der Waals surface area (Å²) in [5.74, 6) is 0.646. The van der Waals surface area contributed by atoms with E-state index in [1.165, 1.54) is 0 Å². The number of pyridine rings is 1. The Bertz CT molecular complexity index is 546. The highest BCUT2D eigenvalue weighted by molar-refractivity contribution is 5.71. The Morgan fingerprint density at radius 2 is 2.21 bits per heavy atom. The molecule has 0 radical (unpaired) electrons. The topological polar surface area (TPSA) is 57.0 Å². The van der Waals surface area contributed by atoms with Crippen LogP contribution in [0.2, 0.25) is 0 Å². The molecule has 0 aliphatic carbocycles. The van der Waals surface area contributed by atoms with E-state index in [1.54, 1.807) is 18.3 Å². The van der Waals surface area contributed by atoms with Crippen molar-refractivity contribution in [3.8, 4) is 5.75 Å². The molecule has 5 nitrogen and oxygen atoms in total. The van der Waals surface area contributed by atoms with Crippen LogP contribution in [0.25, 0.3) is 0 Å². The summed E-state index contributed by atoms with van der Waals surface area (Å²) in [5.41, 5.74) is 2.51. The zero-order chi connectivity index (χ0) is 13.7. The molecule has 0 N–H and O–H groups in total. The quantitative estimate of drug-likeness (QED) is 0.747. The van der Waals surface area contributed by atoms with Crippen molar-refractivity contribution in [2.24, 2.45) is 0 Å². The number of ether oxygens (including phenoxy) is 1. The molecule has 0 atom stereocenters. The van der Waals surface area contributed by atoms with Crippen molar-refractivity contribution in [1.82, 2.24) is 14.8 Å². The SMILES string of the molecule is CCc1cc(COc2ccc(C=O)nc2)n(CC)n1. The van der Waals surface area contributed by atoms with Crippen molar-refractivity contribution >= 4 is 6.29 Å². The van der Waals surface area contributed by atoms with Crippen LogP contribution < -0.4 is 4.74 Å². The summed E-state index contributed by atoms with van der Waals surface area (Å²) >= 11 is 0. The number of nitrogens with zero attached hydrogens (tertiary/aromatic N) is 3. The van der Waals surface area contributed by atoms with Gasteiger partial charge in [0.15, 0.2) is 6.29 Å². The van der Waals surface area contributed by atoms with Gasteiger partial charge in [-0.1, -0.05) is 6.92 Å². The van der Waals surface area contributed by atoms with Gasteiger partial charge in [0.1, 0.15) is 18.1 Å². The molecule has 0 spiro atoms. The van der Waals surface area contributed by atoms with Gasteiger partial charge >= 0.3 is 0 Å². The predicted molar refractivity (Wildman–Crippen MR) is 71.2 cm³/mol. The second kappa shape index (κ2) is 6.13. The molecule has 0 aliphatic rings. The first kappa shape index (κ1) is 13.3. The number of carbonyl (C=O) groups is 1. The Labute approximate surface area is 112 Å². The maximum absolute atomic E-state index is 10.5. The summed E-state index contributed by atoms with van der Waals surface area (Å²) in [4.78, 5) is 14.5. The fourth-order valence-corrected chi connectivity index (χ4v) is 1.78. The number of hydrogen-bond acceptors (Lipinski definition) is 4. The summed E-state index contributed by atoms with van der Waals surface area (Å²) in [6, 6.07) is 5.43. The van der Waals surface area contributed by atoms with E-state index < -0.39 is 0 Å². The third kappa shape index (κ3) is 3.19. The van der Waals surface area contributed by atoms with Gasteiger partial charge in [-0.25, -0.2) is 4.98 Å². The van der Waals surface area contributed by atoms with Gasteiger partial charge in [-0.15, -0.1) is 0 Å². The number of hydrogen-bond donors (Lipinski definition) is 0. The maximum Gasteiger partial charge on any atom is 0.168 e. The van der Waals surface area contributed by atoms with Crippen LogP contribution >= 0.6 is 0 Å². The van der Waals surface area contributed by atoms with E-state index in [1.807, 2.05) is 4.68 Å². The molecule has 0 amide bonds. The Morgan fingerprint density at radius 1 is 1.37 bits per heavy atom. The van der Waals surface area contributed by atoms with E-state index in [9.17, 15) is 4.79 Å². The van der Waals surface area contributed by atoms with Crippen molar-refractivity contribution in [3.05, 3.63) is 41.5 Å². The van der Waals surface area contributed by atoms with Crippen LogP contribution in [0.1, 0.15) is 35.7 Å². The van der Waals surface area contributed by atoms with Gasteiger partial charge in [0.2, 0.25) is 0 Å². The minimum atomic E-state index is 0.402. The Kier molecular flexibility index (Phi) is 4.28. The average molecular weight is 259 g/mol. The van der Waals surface area contributed by atoms with Crippen LogP contribution in [0.3, 0.4) is 0 Å². The zero-order valence-corrected chi connectivity index (χ0v) is 11.2. The lowest BCUT2D eigenvalue weighted by molar-refractivity contribution is 0.111. The minimum absolute atomic E-state index is 0.402. The van der Waals surface area contributed by atoms with Gasteiger partial charge in [0, 0.05) is 6.54 Å². The van der Waals surface area contributed by atoms with Crippen molar-refractivity contribution in [1.29, 1.82) is 0 Å². The van der Waals surface area contributed by atoms with Crippen molar-refractivity contribution in [2.45, 2.75) is 33.4 Å². The number of aldehydes is 1. The first-order chi connectivity index (χ1) is 9.26. The van der Waals surface area contributed by atoms with E-state index in [0.29, 0.717) is 24.3 Å². The minimum Gasteiger partial charge on any atom is -0.486 e. The molecule has 2 rings (SSSR count). The summed E-state index contributed by atoms with van der Waals surface area (Å²) in [7, 11) is 0. The predicted octanol–water partition coefficient (Wildman–Crippen LogP) is 2.25. The van der Waals surface area contributed by atoms with Gasteiger partial charge in [0.25, 0.3) is 0 Å². The number of aryl methyl sites for hydroxylation is 2. The molecule has 2 heterocycles. The largest absolute Gasteiger partial charge is 0.486 e. The van der Waals surface area contributed by atoms with E-state index >= 15 is 0 Å². The van der Waals surface area contributed by atoms with Crippen LogP contribution in [0.4, 0.5) is 0 Å². The molecule has 100 valence electrons. The molecular weight excluding hydrogens is 242 g/mol. The summed E-state index contributed by atoms with van der Waals surface area (Å²) in [6.07, 6.45) is 3.18. The molecule has 2 aromatic heterocycles. The van der Waals surface area contributed by atoms with Crippen LogP contribution in [0.15, 0.2) is 24.4 Å². The molecule has 0 saturated carbocycles. The first-order valence-electron chi connectivity index (χ1n) is 6.36. The second-order valence-electron chi connectivity index (χ2n) is 4.12. The molecule has 0 saturated heterocycles. The lowest BCUT2D eigenvalue weighted by atomic mass is 10.3. The Morgan fingerprint density at radius 3 is 2.79 bits per heavy atom. The third-order valence-electron chi connectivity index (χ3n) is 2.84. The highest BCUT2D eigenvalue weighted by atomic mass is 16.5. The van der Waals surface area contributed by atoms with Crippen molar-refractivity contribution in [2.75, 3.05) is 0 Å². The van der Waals surface area contributed by atoms with Crippen molar-refractivity contribution in [3.63, 3.8) is 0 Å². The summed E-state index contributed by atoms with van der Waals surface area (Å²) in [6.45, 7) is 5.40. The van der Waals surface area contributed by atoms with E-state index in [-0.39, 0.29) is 0 Å². The molecule has 2 aromatic rings.